The zero-order valence-electron chi connectivity index (χ0n) is 17.8. The quantitative estimate of drug-likeness (QED) is 0.565. The lowest BCUT2D eigenvalue weighted by atomic mass is 10.1. The molecule has 0 spiro atoms. The van der Waals surface area contributed by atoms with Crippen LogP contribution in [0.2, 0.25) is 5.02 Å². The topological polar surface area (TPSA) is 65.8 Å². The molecule has 7 heteroatoms. The fourth-order valence-corrected chi connectivity index (χ4v) is 4.00. The Labute approximate surface area is 192 Å². The van der Waals surface area contributed by atoms with E-state index >= 15 is 0 Å². The van der Waals surface area contributed by atoms with E-state index in [1.54, 1.807) is 30.5 Å². The van der Waals surface area contributed by atoms with Gasteiger partial charge in [0.1, 0.15) is 5.76 Å². The zero-order chi connectivity index (χ0) is 22.5. The molecular formula is C25H24ClN3O3. The van der Waals surface area contributed by atoms with Crippen LogP contribution in [0.5, 0.6) is 0 Å². The van der Waals surface area contributed by atoms with Gasteiger partial charge in [-0.3, -0.25) is 9.59 Å². The van der Waals surface area contributed by atoms with Crippen molar-refractivity contribution in [3.63, 3.8) is 0 Å². The van der Waals surface area contributed by atoms with Gasteiger partial charge in [-0.1, -0.05) is 29.8 Å². The number of carbonyl (C=O) groups is 2. The van der Waals surface area contributed by atoms with Crippen LogP contribution >= 0.6 is 11.6 Å². The average Bonchev–Trinajstić information content (AvgIpc) is 3.32. The second kappa shape index (κ2) is 9.75. The predicted octanol–water partition coefficient (Wildman–Crippen LogP) is 4.86. The number of hydrogen-bond donors (Lipinski definition) is 1. The van der Waals surface area contributed by atoms with Crippen LogP contribution in [0.1, 0.15) is 21.7 Å². The molecule has 6 nitrogen and oxygen atoms in total. The minimum Gasteiger partial charge on any atom is -0.465 e. The van der Waals surface area contributed by atoms with Crippen molar-refractivity contribution in [3.8, 4) is 0 Å². The molecule has 2 amide bonds. The van der Waals surface area contributed by atoms with E-state index in [0.717, 1.165) is 16.8 Å². The summed E-state index contributed by atoms with van der Waals surface area (Å²) in [5.41, 5.74) is 3.24. The molecule has 0 atom stereocenters. The Morgan fingerprint density at radius 3 is 2.50 bits per heavy atom. The van der Waals surface area contributed by atoms with Gasteiger partial charge in [0.05, 0.1) is 17.0 Å². The molecule has 4 rings (SSSR count). The van der Waals surface area contributed by atoms with E-state index in [1.165, 1.54) is 6.08 Å². The lowest BCUT2D eigenvalue weighted by Crippen LogP contribution is -2.49. The van der Waals surface area contributed by atoms with E-state index in [9.17, 15) is 9.59 Å². The highest BCUT2D eigenvalue weighted by atomic mass is 35.5. The zero-order valence-corrected chi connectivity index (χ0v) is 18.5. The summed E-state index contributed by atoms with van der Waals surface area (Å²) in [7, 11) is 0. The summed E-state index contributed by atoms with van der Waals surface area (Å²) >= 11 is 6.51. The third-order valence-electron chi connectivity index (χ3n) is 5.44. The smallest absolute Gasteiger partial charge is 0.254 e. The molecule has 32 heavy (non-hydrogen) atoms. The van der Waals surface area contributed by atoms with Crippen LogP contribution in [0.15, 0.2) is 71.4 Å². The number of nitrogens with zero attached hydrogens (tertiary/aromatic N) is 2. The van der Waals surface area contributed by atoms with Crippen LogP contribution in [0.4, 0.5) is 11.4 Å². The number of aryl methyl sites for hydroxylation is 1. The van der Waals surface area contributed by atoms with Gasteiger partial charge in [-0.2, -0.15) is 0 Å². The van der Waals surface area contributed by atoms with Crippen molar-refractivity contribution in [3.05, 3.63) is 88.8 Å². The van der Waals surface area contributed by atoms with E-state index in [1.807, 2.05) is 48.2 Å². The van der Waals surface area contributed by atoms with Gasteiger partial charge in [-0.25, -0.2) is 0 Å². The normalized spacial score (nSPS) is 14.1. The van der Waals surface area contributed by atoms with E-state index in [4.69, 9.17) is 16.0 Å². The SMILES string of the molecule is Cc1ccccc1C(=O)N1CCN(c2ccc(NC(=O)C=Cc3ccco3)cc2Cl)CC1. The number of rotatable bonds is 5. The third-order valence-corrected chi connectivity index (χ3v) is 5.74. The van der Waals surface area contributed by atoms with Gasteiger partial charge in [-0.05, 0) is 55.0 Å². The first-order valence-electron chi connectivity index (χ1n) is 10.4. The van der Waals surface area contributed by atoms with Gasteiger partial charge in [0.2, 0.25) is 5.91 Å². The number of furan rings is 1. The molecule has 2 heterocycles. The maximum Gasteiger partial charge on any atom is 0.254 e. The van der Waals surface area contributed by atoms with E-state index < -0.39 is 0 Å². The Morgan fingerprint density at radius 2 is 1.81 bits per heavy atom. The maximum atomic E-state index is 12.8. The first kappa shape index (κ1) is 21.7. The molecular weight excluding hydrogens is 426 g/mol. The van der Waals surface area contributed by atoms with Crippen molar-refractivity contribution < 1.29 is 14.0 Å². The molecule has 0 saturated carbocycles. The maximum absolute atomic E-state index is 12.8. The lowest BCUT2D eigenvalue weighted by molar-refractivity contribution is -0.111. The minimum absolute atomic E-state index is 0.0644. The van der Waals surface area contributed by atoms with Crippen LogP contribution in [0.25, 0.3) is 6.08 Å². The standard InChI is InChI=1S/C25H24ClN3O3/c1-18-5-2-3-7-21(18)25(31)29-14-12-28(13-15-29)23-10-8-19(17-22(23)26)27-24(30)11-9-20-6-4-16-32-20/h2-11,16-17H,12-15H2,1H3,(H,27,30). The summed E-state index contributed by atoms with van der Waals surface area (Å²) < 4.78 is 5.17. The van der Waals surface area contributed by atoms with Crippen molar-refractivity contribution in [2.24, 2.45) is 0 Å². The average molecular weight is 450 g/mol. The number of hydrogen-bond acceptors (Lipinski definition) is 4. The van der Waals surface area contributed by atoms with Crippen molar-refractivity contribution in [2.75, 3.05) is 36.4 Å². The molecule has 1 aliphatic heterocycles. The summed E-state index contributed by atoms with van der Waals surface area (Å²) in [6.07, 6.45) is 4.56. The molecule has 1 N–H and O–H groups in total. The van der Waals surface area contributed by atoms with E-state index in [-0.39, 0.29) is 11.8 Å². The molecule has 1 aliphatic rings. The Bertz CT molecular complexity index is 1130. The number of halogens is 1. The van der Waals surface area contributed by atoms with Gasteiger partial charge in [0.25, 0.3) is 5.91 Å². The largest absolute Gasteiger partial charge is 0.465 e. The van der Waals surface area contributed by atoms with Crippen molar-refractivity contribution in [2.45, 2.75) is 6.92 Å². The molecule has 164 valence electrons. The predicted molar refractivity (Wildman–Crippen MR) is 127 cm³/mol. The molecule has 1 fully saturated rings. The fraction of sp³-hybridized carbons (Fsp3) is 0.200. The van der Waals surface area contributed by atoms with Gasteiger partial charge in [-0.15, -0.1) is 0 Å². The van der Waals surface area contributed by atoms with Gasteiger partial charge >= 0.3 is 0 Å². The number of nitrogens with one attached hydrogen (secondary N) is 1. The second-order valence-corrected chi connectivity index (χ2v) is 8.01. The molecule has 3 aromatic rings. The summed E-state index contributed by atoms with van der Waals surface area (Å²) in [4.78, 5) is 29.0. The lowest BCUT2D eigenvalue weighted by Gasteiger charge is -2.36. The third kappa shape index (κ3) is 5.03. The molecule has 2 aromatic carbocycles. The Balaban J connectivity index is 1.35. The monoisotopic (exact) mass is 449 g/mol. The van der Waals surface area contributed by atoms with Crippen molar-refractivity contribution >= 4 is 40.9 Å². The molecule has 0 aliphatic carbocycles. The number of carbonyl (C=O) groups excluding carboxylic acids is 2. The molecule has 0 radical (unpaired) electrons. The van der Waals surface area contributed by atoms with Crippen LogP contribution in [0, 0.1) is 6.92 Å². The van der Waals surface area contributed by atoms with Crippen molar-refractivity contribution in [1.82, 2.24) is 4.90 Å². The highest BCUT2D eigenvalue weighted by Gasteiger charge is 2.24. The Hall–Kier alpha value is -3.51. The summed E-state index contributed by atoms with van der Waals surface area (Å²) in [6.45, 7) is 4.58. The van der Waals surface area contributed by atoms with Crippen LogP contribution in [-0.2, 0) is 4.79 Å². The minimum atomic E-state index is -0.270. The number of benzene rings is 2. The summed E-state index contributed by atoms with van der Waals surface area (Å²) in [5, 5.41) is 3.35. The number of anilines is 2. The molecule has 1 aromatic heterocycles. The van der Waals surface area contributed by atoms with E-state index in [2.05, 4.69) is 10.2 Å². The van der Waals surface area contributed by atoms with Crippen LogP contribution in [0.3, 0.4) is 0 Å². The summed E-state index contributed by atoms with van der Waals surface area (Å²) in [6, 6.07) is 16.6. The molecule has 0 unspecified atom stereocenters. The van der Waals surface area contributed by atoms with Crippen LogP contribution in [-0.4, -0.2) is 42.9 Å². The van der Waals surface area contributed by atoms with Crippen molar-refractivity contribution in [1.29, 1.82) is 0 Å². The van der Waals surface area contributed by atoms with Crippen LogP contribution < -0.4 is 10.2 Å². The molecule has 0 bridgehead atoms. The molecule has 1 saturated heterocycles. The number of amides is 2. The highest BCUT2D eigenvalue weighted by Crippen LogP contribution is 2.30. The van der Waals surface area contributed by atoms with Gasteiger partial charge in [0, 0.05) is 43.5 Å². The first-order chi connectivity index (χ1) is 15.5. The van der Waals surface area contributed by atoms with Gasteiger partial charge < -0.3 is 19.5 Å². The Kier molecular flexibility index (Phi) is 6.61. The fourth-order valence-electron chi connectivity index (χ4n) is 3.70. The van der Waals surface area contributed by atoms with Gasteiger partial charge in [0.15, 0.2) is 0 Å². The van der Waals surface area contributed by atoms with E-state index in [0.29, 0.717) is 42.6 Å². The second-order valence-electron chi connectivity index (χ2n) is 7.60. The number of piperazine rings is 1. The first-order valence-corrected chi connectivity index (χ1v) is 10.8. The summed E-state index contributed by atoms with van der Waals surface area (Å²) in [5.74, 6) is 0.400. The Morgan fingerprint density at radius 1 is 1.03 bits per heavy atom. The highest BCUT2D eigenvalue weighted by molar-refractivity contribution is 6.33.